The summed E-state index contributed by atoms with van der Waals surface area (Å²) in [5, 5.41) is 3.53. The Hall–Kier alpha value is -1.02. The van der Waals surface area contributed by atoms with E-state index in [-0.39, 0.29) is 0 Å². The lowest BCUT2D eigenvalue weighted by atomic mass is 9.75. The summed E-state index contributed by atoms with van der Waals surface area (Å²) < 4.78 is 5.59. The van der Waals surface area contributed by atoms with E-state index in [0.717, 1.165) is 24.8 Å². The van der Waals surface area contributed by atoms with Crippen LogP contribution in [0, 0.1) is 12.8 Å². The van der Waals surface area contributed by atoms with Crippen molar-refractivity contribution in [3.05, 3.63) is 29.3 Å². The highest BCUT2D eigenvalue weighted by Crippen LogP contribution is 2.41. The maximum Gasteiger partial charge on any atom is 0.122 e. The van der Waals surface area contributed by atoms with Crippen LogP contribution in [-0.2, 0) is 0 Å². The summed E-state index contributed by atoms with van der Waals surface area (Å²) in [5.74, 6) is 2.48. The van der Waals surface area contributed by atoms with Crippen molar-refractivity contribution in [2.24, 2.45) is 5.92 Å². The maximum absolute atomic E-state index is 5.59. The number of rotatable bonds is 5. The normalized spacial score (nSPS) is 23.3. The minimum absolute atomic E-state index is 0.655. The van der Waals surface area contributed by atoms with Gasteiger partial charge in [-0.25, -0.2) is 0 Å². The van der Waals surface area contributed by atoms with Gasteiger partial charge in [-0.2, -0.15) is 0 Å². The average Bonchev–Trinajstić information content (AvgIpc) is 2.45. The Balaban J connectivity index is 2.23. The van der Waals surface area contributed by atoms with E-state index in [4.69, 9.17) is 4.74 Å². The molecule has 0 aromatic heterocycles. The summed E-state index contributed by atoms with van der Waals surface area (Å²) >= 11 is 0. The van der Waals surface area contributed by atoms with Gasteiger partial charge in [-0.05, 0) is 56.3 Å². The molecule has 0 spiro atoms. The molecule has 0 saturated heterocycles. The van der Waals surface area contributed by atoms with Crippen molar-refractivity contribution in [3.63, 3.8) is 0 Å². The maximum atomic E-state index is 5.59. The number of hydrogen-bond donors (Lipinski definition) is 1. The quantitative estimate of drug-likeness (QED) is 0.868. The zero-order chi connectivity index (χ0) is 13.7. The largest absolute Gasteiger partial charge is 0.496 e. The molecule has 1 aromatic rings. The molecular formula is C17H27NO. The van der Waals surface area contributed by atoms with Crippen molar-refractivity contribution in [1.29, 1.82) is 0 Å². The van der Waals surface area contributed by atoms with Crippen LogP contribution in [0.15, 0.2) is 18.2 Å². The van der Waals surface area contributed by atoms with Crippen molar-refractivity contribution in [2.75, 3.05) is 20.2 Å². The van der Waals surface area contributed by atoms with Gasteiger partial charge in [0.1, 0.15) is 5.75 Å². The second-order valence-electron chi connectivity index (χ2n) is 5.70. The smallest absolute Gasteiger partial charge is 0.122 e. The zero-order valence-corrected chi connectivity index (χ0v) is 12.5. The molecule has 0 bridgehead atoms. The second kappa shape index (κ2) is 6.95. The molecule has 1 fully saturated rings. The van der Waals surface area contributed by atoms with Gasteiger partial charge in [-0.3, -0.25) is 0 Å². The van der Waals surface area contributed by atoms with Crippen LogP contribution in [0.25, 0.3) is 0 Å². The molecule has 1 aliphatic rings. The summed E-state index contributed by atoms with van der Waals surface area (Å²) in [5.41, 5.74) is 2.76. The number of hydrogen-bond acceptors (Lipinski definition) is 2. The molecule has 106 valence electrons. The van der Waals surface area contributed by atoms with Gasteiger partial charge in [-0.1, -0.05) is 37.5 Å². The highest BCUT2D eigenvalue weighted by atomic mass is 16.5. The van der Waals surface area contributed by atoms with Gasteiger partial charge in [0.05, 0.1) is 7.11 Å². The van der Waals surface area contributed by atoms with E-state index in [0.29, 0.717) is 5.92 Å². The SMILES string of the molecule is CCNCC1CCCCC1c1cc(C)ccc1OC. The van der Waals surface area contributed by atoms with E-state index in [2.05, 4.69) is 37.4 Å². The second-order valence-corrected chi connectivity index (χ2v) is 5.70. The molecule has 0 radical (unpaired) electrons. The molecular weight excluding hydrogens is 234 g/mol. The predicted molar refractivity (Wildman–Crippen MR) is 81.0 cm³/mol. The minimum Gasteiger partial charge on any atom is -0.496 e. The lowest BCUT2D eigenvalue weighted by Gasteiger charge is -2.33. The first-order chi connectivity index (χ1) is 9.26. The number of methoxy groups -OCH3 is 1. The Labute approximate surface area is 117 Å². The van der Waals surface area contributed by atoms with E-state index in [1.165, 1.54) is 36.8 Å². The van der Waals surface area contributed by atoms with Crippen LogP contribution in [-0.4, -0.2) is 20.2 Å². The molecule has 19 heavy (non-hydrogen) atoms. The van der Waals surface area contributed by atoms with Crippen molar-refractivity contribution in [3.8, 4) is 5.75 Å². The number of nitrogens with one attached hydrogen (secondary N) is 1. The van der Waals surface area contributed by atoms with Crippen molar-refractivity contribution in [1.82, 2.24) is 5.32 Å². The summed E-state index contributed by atoms with van der Waals surface area (Å²) in [6.45, 7) is 6.56. The first kappa shape index (κ1) is 14.4. The third kappa shape index (κ3) is 3.50. The van der Waals surface area contributed by atoms with Crippen LogP contribution in [0.1, 0.15) is 49.7 Å². The van der Waals surface area contributed by atoms with E-state index < -0.39 is 0 Å². The van der Waals surface area contributed by atoms with Crippen LogP contribution < -0.4 is 10.1 Å². The van der Waals surface area contributed by atoms with Gasteiger partial charge in [0, 0.05) is 0 Å². The van der Waals surface area contributed by atoms with Gasteiger partial charge >= 0.3 is 0 Å². The van der Waals surface area contributed by atoms with E-state index in [9.17, 15) is 0 Å². The van der Waals surface area contributed by atoms with Crippen LogP contribution >= 0.6 is 0 Å². The first-order valence-corrected chi connectivity index (χ1v) is 7.61. The molecule has 1 saturated carbocycles. The summed E-state index contributed by atoms with van der Waals surface area (Å²) in [6.07, 6.45) is 5.37. The van der Waals surface area contributed by atoms with Crippen molar-refractivity contribution < 1.29 is 4.74 Å². The Morgan fingerprint density at radius 2 is 2.05 bits per heavy atom. The van der Waals surface area contributed by atoms with Gasteiger partial charge in [0.25, 0.3) is 0 Å². The van der Waals surface area contributed by atoms with Crippen LogP contribution in [0.5, 0.6) is 5.75 Å². The zero-order valence-electron chi connectivity index (χ0n) is 12.5. The molecule has 2 atom stereocenters. The molecule has 0 amide bonds. The average molecular weight is 261 g/mol. The Bertz CT molecular complexity index is 402. The van der Waals surface area contributed by atoms with Gasteiger partial charge in [-0.15, -0.1) is 0 Å². The minimum atomic E-state index is 0.655. The predicted octanol–water partition coefficient (Wildman–Crippen LogP) is 3.89. The topological polar surface area (TPSA) is 21.3 Å². The molecule has 1 aromatic carbocycles. The third-order valence-corrected chi connectivity index (χ3v) is 4.35. The molecule has 0 heterocycles. The highest BCUT2D eigenvalue weighted by Gasteiger charge is 2.28. The number of benzene rings is 1. The van der Waals surface area contributed by atoms with E-state index in [1.54, 1.807) is 7.11 Å². The summed E-state index contributed by atoms with van der Waals surface area (Å²) in [7, 11) is 1.79. The standard InChI is InChI=1S/C17H27NO/c1-4-18-12-14-7-5-6-8-15(14)16-11-13(2)9-10-17(16)19-3/h9-11,14-15,18H,4-8,12H2,1-3H3. The number of aryl methyl sites for hydroxylation is 1. The fraction of sp³-hybridized carbons (Fsp3) is 0.647. The molecule has 1 aliphatic carbocycles. The third-order valence-electron chi connectivity index (χ3n) is 4.35. The fourth-order valence-corrected chi connectivity index (χ4v) is 3.33. The molecule has 2 nitrogen and oxygen atoms in total. The number of ether oxygens (including phenoxy) is 1. The lowest BCUT2D eigenvalue weighted by molar-refractivity contribution is 0.289. The Kier molecular flexibility index (Phi) is 5.26. The van der Waals surface area contributed by atoms with Crippen molar-refractivity contribution in [2.45, 2.75) is 45.4 Å². The summed E-state index contributed by atoms with van der Waals surface area (Å²) in [4.78, 5) is 0. The first-order valence-electron chi connectivity index (χ1n) is 7.61. The van der Waals surface area contributed by atoms with Gasteiger partial charge < -0.3 is 10.1 Å². The van der Waals surface area contributed by atoms with Gasteiger partial charge in [0.2, 0.25) is 0 Å². The van der Waals surface area contributed by atoms with E-state index >= 15 is 0 Å². The van der Waals surface area contributed by atoms with Crippen LogP contribution in [0.3, 0.4) is 0 Å². The van der Waals surface area contributed by atoms with Crippen LogP contribution in [0.4, 0.5) is 0 Å². The molecule has 2 unspecified atom stereocenters. The molecule has 0 aliphatic heterocycles. The van der Waals surface area contributed by atoms with E-state index in [1.807, 2.05) is 0 Å². The lowest BCUT2D eigenvalue weighted by Crippen LogP contribution is -2.29. The fourth-order valence-electron chi connectivity index (χ4n) is 3.33. The Morgan fingerprint density at radius 3 is 2.79 bits per heavy atom. The van der Waals surface area contributed by atoms with Crippen molar-refractivity contribution >= 4 is 0 Å². The highest BCUT2D eigenvalue weighted by molar-refractivity contribution is 5.40. The molecule has 2 heteroatoms. The Morgan fingerprint density at radius 1 is 1.26 bits per heavy atom. The van der Waals surface area contributed by atoms with Gasteiger partial charge in [0.15, 0.2) is 0 Å². The monoisotopic (exact) mass is 261 g/mol. The molecule has 2 rings (SSSR count). The van der Waals surface area contributed by atoms with Crippen LogP contribution in [0.2, 0.25) is 0 Å². The molecule has 1 N–H and O–H groups in total. The summed E-state index contributed by atoms with van der Waals surface area (Å²) in [6, 6.07) is 6.60.